The van der Waals surface area contributed by atoms with Crippen LogP contribution in [0.3, 0.4) is 0 Å². The van der Waals surface area contributed by atoms with Gasteiger partial charge in [-0.05, 0) is 25.0 Å². The van der Waals surface area contributed by atoms with Gasteiger partial charge in [0.25, 0.3) is 0 Å². The van der Waals surface area contributed by atoms with Crippen molar-refractivity contribution in [2.45, 2.75) is 18.9 Å². The van der Waals surface area contributed by atoms with Gasteiger partial charge in [-0.2, -0.15) is 0 Å². The number of pyridine rings is 1. The molecule has 0 aliphatic carbocycles. The van der Waals surface area contributed by atoms with Gasteiger partial charge in [0, 0.05) is 36.9 Å². The van der Waals surface area contributed by atoms with Gasteiger partial charge >= 0.3 is 8.25 Å². The van der Waals surface area contributed by atoms with E-state index in [-0.39, 0.29) is 6.10 Å². The molecule has 2 atom stereocenters. The molecular formula is C17H17Cl2N4O3P. The third kappa shape index (κ3) is 3.84. The molecule has 1 aliphatic heterocycles. The SMILES string of the molecule is O=[PH](O)OC1CCCN(c2cc(-n3ccnc3)c3ccc(Cl)c(Cl)c3n2)C1. The second-order valence-electron chi connectivity index (χ2n) is 6.32. The highest BCUT2D eigenvalue weighted by Crippen LogP contribution is 2.35. The average Bonchev–Trinajstić information content (AvgIpc) is 3.18. The molecule has 0 radical (unpaired) electrons. The molecule has 1 saturated heterocycles. The van der Waals surface area contributed by atoms with Gasteiger partial charge in [0.05, 0.1) is 33.7 Å². The Balaban J connectivity index is 1.81. The van der Waals surface area contributed by atoms with Gasteiger partial charge in [-0.25, -0.2) is 9.97 Å². The van der Waals surface area contributed by atoms with Crippen molar-refractivity contribution in [2.75, 3.05) is 18.0 Å². The van der Waals surface area contributed by atoms with Gasteiger partial charge in [-0.15, -0.1) is 0 Å². The fraction of sp³-hybridized carbons (Fsp3) is 0.294. The van der Waals surface area contributed by atoms with Gasteiger partial charge in [0.1, 0.15) is 5.82 Å². The summed E-state index contributed by atoms with van der Waals surface area (Å²) in [5.41, 5.74) is 1.48. The smallest absolute Gasteiger partial charge is 0.316 e. The molecule has 3 heterocycles. The summed E-state index contributed by atoms with van der Waals surface area (Å²) in [5.74, 6) is 0.710. The highest BCUT2D eigenvalue weighted by atomic mass is 35.5. The number of halogens is 2. The average molecular weight is 427 g/mol. The van der Waals surface area contributed by atoms with E-state index in [1.807, 2.05) is 27.8 Å². The first-order chi connectivity index (χ1) is 13.0. The third-order valence-corrected chi connectivity index (χ3v) is 5.92. The van der Waals surface area contributed by atoms with E-state index in [0.29, 0.717) is 27.9 Å². The highest BCUT2D eigenvalue weighted by molar-refractivity contribution is 7.32. The van der Waals surface area contributed by atoms with Crippen molar-refractivity contribution in [1.29, 1.82) is 0 Å². The number of imidazole rings is 1. The Labute approximate surface area is 166 Å². The molecule has 1 N–H and O–H groups in total. The van der Waals surface area contributed by atoms with Crippen molar-refractivity contribution < 1.29 is 14.0 Å². The van der Waals surface area contributed by atoms with E-state index in [1.54, 1.807) is 18.6 Å². The number of rotatable bonds is 4. The van der Waals surface area contributed by atoms with Crippen LogP contribution in [0.4, 0.5) is 5.82 Å². The summed E-state index contributed by atoms with van der Waals surface area (Å²) in [7, 11) is -2.98. The number of benzene rings is 1. The molecule has 142 valence electrons. The lowest BCUT2D eigenvalue weighted by Crippen LogP contribution is -2.39. The van der Waals surface area contributed by atoms with Crippen molar-refractivity contribution in [3.63, 3.8) is 0 Å². The van der Waals surface area contributed by atoms with Gasteiger partial charge in [-0.3, -0.25) is 4.57 Å². The minimum absolute atomic E-state index is 0.306. The Hall–Kier alpha value is -1.63. The zero-order valence-electron chi connectivity index (χ0n) is 14.2. The number of hydrogen-bond acceptors (Lipinski definition) is 5. The third-order valence-electron chi connectivity index (χ3n) is 4.59. The lowest BCUT2D eigenvalue weighted by molar-refractivity contribution is 0.168. The Bertz CT molecular complexity index is 1000. The van der Waals surface area contributed by atoms with E-state index >= 15 is 0 Å². The molecule has 1 aliphatic rings. The summed E-state index contributed by atoms with van der Waals surface area (Å²) in [5, 5.41) is 1.68. The van der Waals surface area contributed by atoms with Crippen LogP contribution in [-0.4, -0.2) is 38.6 Å². The lowest BCUT2D eigenvalue weighted by atomic mass is 10.1. The molecule has 1 aromatic carbocycles. The molecule has 0 bridgehead atoms. The van der Waals surface area contributed by atoms with Crippen LogP contribution in [0, 0.1) is 0 Å². The minimum Gasteiger partial charge on any atom is -0.354 e. The van der Waals surface area contributed by atoms with Crippen molar-refractivity contribution in [2.24, 2.45) is 0 Å². The number of fused-ring (bicyclic) bond motifs is 1. The molecule has 4 rings (SSSR count). The van der Waals surface area contributed by atoms with E-state index in [0.717, 1.165) is 30.5 Å². The summed E-state index contributed by atoms with van der Waals surface area (Å²) in [6.07, 6.45) is 6.53. The Morgan fingerprint density at radius 3 is 2.93 bits per heavy atom. The predicted octanol–water partition coefficient (Wildman–Crippen LogP) is 4.09. The van der Waals surface area contributed by atoms with Crippen LogP contribution in [0.15, 0.2) is 36.9 Å². The predicted molar refractivity (Wildman–Crippen MR) is 106 cm³/mol. The first kappa shape index (κ1) is 18.7. The lowest BCUT2D eigenvalue weighted by Gasteiger charge is -2.33. The molecule has 0 amide bonds. The van der Waals surface area contributed by atoms with Crippen LogP contribution < -0.4 is 4.90 Å². The number of anilines is 1. The standard InChI is InChI=1S/C17H17Cl2N4O3P/c18-13-4-3-12-14(23-7-5-20-10-23)8-15(21-17(12)16(13)19)22-6-1-2-11(9-22)26-27(24)25/h3-5,7-8,10-11,27H,1-2,6,9H2,(H,24,25). The maximum Gasteiger partial charge on any atom is 0.316 e. The topological polar surface area (TPSA) is 80.5 Å². The van der Waals surface area contributed by atoms with Crippen molar-refractivity contribution in [3.8, 4) is 5.69 Å². The van der Waals surface area contributed by atoms with E-state index in [4.69, 9.17) is 37.6 Å². The fourth-order valence-corrected chi connectivity index (χ4v) is 4.20. The molecular weight excluding hydrogens is 410 g/mol. The van der Waals surface area contributed by atoms with Gasteiger partial charge in [0.15, 0.2) is 0 Å². The quantitative estimate of drug-likeness (QED) is 0.632. The summed E-state index contributed by atoms with van der Waals surface area (Å²) >= 11 is 12.6. The van der Waals surface area contributed by atoms with Crippen LogP contribution in [0.1, 0.15) is 12.8 Å². The maximum absolute atomic E-state index is 11.1. The van der Waals surface area contributed by atoms with E-state index in [2.05, 4.69) is 4.98 Å². The van der Waals surface area contributed by atoms with Gasteiger partial charge in [0.2, 0.25) is 0 Å². The molecule has 27 heavy (non-hydrogen) atoms. The van der Waals surface area contributed by atoms with E-state index < -0.39 is 8.25 Å². The summed E-state index contributed by atoms with van der Waals surface area (Å²) in [6, 6.07) is 5.59. The summed E-state index contributed by atoms with van der Waals surface area (Å²) in [4.78, 5) is 20.0. The molecule has 7 nitrogen and oxygen atoms in total. The monoisotopic (exact) mass is 426 g/mol. The Kier molecular flexibility index (Phi) is 5.39. The summed E-state index contributed by atoms with van der Waals surface area (Å²) in [6.45, 7) is 1.25. The molecule has 0 saturated carbocycles. The number of aromatic nitrogens is 3. The zero-order valence-corrected chi connectivity index (χ0v) is 16.7. The number of nitrogens with zero attached hydrogens (tertiary/aromatic N) is 4. The molecule has 10 heteroatoms. The van der Waals surface area contributed by atoms with Crippen molar-refractivity contribution in [3.05, 3.63) is 47.0 Å². The first-order valence-corrected chi connectivity index (χ1v) is 10.5. The van der Waals surface area contributed by atoms with Crippen molar-refractivity contribution in [1.82, 2.24) is 14.5 Å². The van der Waals surface area contributed by atoms with Crippen LogP contribution in [-0.2, 0) is 9.09 Å². The number of hydrogen-bond donors (Lipinski definition) is 1. The second-order valence-corrected chi connectivity index (χ2v) is 7.87. The highest BCUT2D eigenvalue weighted by Gasteiger charge is 2.24. The Morgan fingerprint density at radius 1 is 1.33 bits per heavy atom. The fourth-order valence-electron chi connectivity index (χ4n) is 3.37. The number of piperidine rings is 1. The Morgan fingerprint density at radius 2 is 2.19 bits per heavy atom. The van der Waals surface area contributed by atoms with Crippen LogP contribution >= 0.6 is 31.5 Å². The van der Waals surface area contributed by atoms with E-state index in [9.17, 15) is 4.57 Å². The molecule has 2 aromatic heterocycles. The van der Waals surface area contributed by atoms with Crippen LogP contribution in [0.2, 0.25) is 10.0 Å². The molecule has 2 unspecified atom stereocenters. The molecule has 3 aromatic rings. The minimum atomic E-state index is -2.98. The van der Waals surface area contributed by atoms with E-state index in [1.165, 1.54) is 0 Å². The molecule has 0 spiro atoms. The second kappa shape index (κ2) is 7.78. The first-order valence-electron chi connectivity index (χ1n) is 8.44. The largest absolute Gasteiger partial charge is 0.354 e. The zero-order chi connectivity index (χ0) is 19.0. The van der Waals surface area contributed by atoms with Crippen molar-refractivity contribution >= 4 is 48.2 Å². The maximum atomic E-state index is 11.1. The molecule has 1 fully saturated rings. The van der Waals surface area contributed by atoms with Gasteiger partial charge < -0.3 is 18.9 Å². The van der Waals surface area contributed by atoms with Crippen LogP contribution in [0.5, 0.6) is 0 Å². The van der Waals surface area contributed by atoms with Crippen LogP contribution in [0.25, 0.3) is 16.6 Å². The normalized spacial score (nSPS) is 18.8. The van der Waals surface area contributed by atoms with Gasteiger partial charge in [-0.1, -0.05) is 23.2 Å². The summed E-state index contributed by atoms with van der Waals surface area (Å²) < 4.78 is 18.1.